The number of hydrogen-bond acceptors (Lipinski definition) is 4. The predicted octanol–water partition coefficient (Wildman–Crippen LogP) is 2.26. The summed E-state index contributed by atoms with van der Waals surface area (Å²) >= 11 is 1.63. The van der Waals surface area contributed by atoms with Gasteiger partial charge in [-0.3, -0.25) is 4.79 Å². The number of hydrogen-bond donors (Lipinski definition) is 1. The van der Waals surface area contributed by atoms with E-state index in [0.29, 0.717) is 13.2 Å². The van der Waals surface area contributed by atoms with E-state index in [-0.39, 0.29) is 12.5 Å². The number of morpholine rings is 1. The van der Waals surface area contributed by atoms with E-state index in [9.17, 15) is 9.59 Å². The molecular weight excluding hydrogens is 302 g/mol. The van der Waals surface area contributed by atoms with Gasteiger partial charge in [-0.1, -0.05) is 25.3 Å². The fourth-order valence-electron chi connectivity index (χ4n) is 3.56. The third-order valence-electron chi connectivity index (χ3n) is 4.74. The molecule has 0 aromatic carbocycles. The quantitative estimate of drug-likeness (QED) is 0.926. The summed E-state index contributed by atoms with van der Waals surface area (Å²) in [6.45, 7) is 0.931. The standard InChI is InChI=1S/C16H21NO4S/c18-14(19)12-11-17(8-9-21-12)15(20)16(6-2-1-3-7-16)13-5-4-10-22-13/h4-5,10,12H,1-3,6-9,11H2,(H,18,19)/t12-/m1/s1. The Hall–Kier alpha value is -1.40. The Morgan fingerprint density at radius 3 is 2.73 bits per heavy atom. The highest BCUT2D eigenvalue weighted by Gasteiger charge is 2.45. The van der Waals surface area contributed by atoms with Crippen LogP contribution in [0.5, 0.6) is 0 Å². The number of carbonyl (C=O) groups is 2. The van der Waals surface area contributed by atoms with Gasteiger partial charge in [-0.15, -0.1) is 11.3 Å². The molecule has 2 fully saturated rings. The van der Waals surface area contributed by atoms with Crippen molar-refractivity contribution in [3.8, 4) is 0 Å². The lowest BCUT2D eigenvalue weighted by Gasteiger charge is -2.41. The van der Waals surface area contributed by atoms with Crippen molar-refractivity contribution < 1.29 is 19.4 Å². The van der Waals surface area contributed by atoms with Crippen LogP contribution in [-0.4, -0.2) is 47.7 Å². The number of carboxylic acids is 1. The van der Waals surface area contributed by atoms with Gasteiger partial charge in [-0.25, -0.2) is 4.79 Å². The Balaban J connectivity index is 1.85. The summed E-state index contributed by atoms with van der Waals surface area (Å²) in [5.41, 5.74) is -0.452. The van der Waals surface area contributed by atoms with E-state index in [1.165, 1.54) is 6.42 Å². The number of amides is 1. The number of ether oxygens (including phenoxy) is 1. The zero-order valence-electron chi connectivity index (χ0n) is 12.5. The van der Waals surface area contributed by atoms with Gasteiger partial charge in [-0.05, 0) is 24.3 Å². The summed E-state index contributed by atoms with van der Waals surface area (Å²) in [7, 11) is 0. The minimum absolute atomic E-state index is 0.0872. The van der Waals surface area contributed by atoms with Crippen LogP contribution in [0.25, 0.3) is 0 Å². The fourth-order valence-corrected chi connectivity index (χ4v) is 4.54. The van der Waals surface area contributed by atoms with Crippen LogP contribution < -0.4 is 0 Å². The molecular formula is C16H21NO4S. The summed E-state index contributed by atoms with van der Waals surface area (Å²) in [6.07, 6.45) is 4.10. The molecule has 1 amide bonds. The number of rotatable bonds is 3. The highest BCUT2D eigenvalue weighted by Crippen LogP contribution is 2.43. The van der Waals surface area contributed by atoms with Crippen molar-refractivity contribution in [3.05, 3.63) is 22.4 Å². The van der Waals surface area contributed by atoms with Crippen molar-refractivity contribution in [2.24, 2.45) is 0 Å². The van der Waals surface area contributed by atoms with Crippen molar-refractivity contribution in [1.29, 1.82) is 0 Å². The van der Waals surface area contributed by atoms with Gasteiger partial charge >= 0.3 is 5.97 Å². The van der Waals surface area contributed by atoms with Gasteiger partial charge in [0.25, 0.3) is 0 Å². The Morgan fingerprint density at radius 1 is 1.32 bits per heavy atom. The van der Waals surface area contributed by atoms with Crippen molar-refractivity contribution in [1.82, 2.24) is 4.90 Å². The molecule has 22 heavy (non-hydrogen) atoms. The van der Waals surface area contributed by atoms with Gasteiger partial charge in [-0.2, -0.15) is 0 Å². The molecule has 2 aliphatic rings. The number of thiophene rings is 1. The third-order valence-corrected chi connectivity index (χ3v) is 5.81. The van der Waals surface area contributed by atoms with Crippen LogP contribution in [0.15, 0.2) is 17.5 Å². The van der Waals surface area contributed by atoms with E-state index in [4.69, 9.17) is 9.84 Å². The molecule has 6 heteroatoms. The average molecular weight is 323 g/mol. The monoisotopic (exact) mass is 323 g/mol. The van der Waals surface area contributed by atoms with Crippen LogP contribution in [0.2, 0.25) is 0 Å². The molecule has 120 valence electrons. The molecule has 0 radical (unpaired) electrons. The van der Waals surface area contributed by atoms with E-state index in [2.05, 4.69) is 0 Å². The maximum Gasteiger partial charge on any atom is 0.334 e. The number of aliphatic carboxylic acids is 1. The maximum absolute atomic E-state index is 13.2. The zero-order chi connectivity index (χ0) is 15.6. The average Bonchev–Trinajstić information content (AvgIpc) is 3.10. The lowest BCUT2D eigenvalue weighted by molar-refractivity contribution is -0.161. The van der Waals surface area contributed by atoms with E-state index in [1.54, 1.807) is 16.2 Å². The highest BCUT2D eigenvalue weighted by molar-refractivity contribution is 7.10. The molecule has 0 unspecified atom stereocenters. The number of carbonyl (C=O) groups excluding carboxylic acids is 1. The number of nitrogens with zero attached hydrogens (tertiary/aromatic N) is 1. The topological polar surface area (TPSA) is 66.8 Å². The molecule has 2 heterocycles. The van der Waals surface area contributed by atoms with Crippen molar-refractivity contribution in [2.75, 3.05) is 19.7 Å². The summed E-state index contributed by atoms with van der Waals surface area (Å²) in [6, 6.07) is 4.03. The normalized spacial score (nSPS) is 24.9. The summed E-state index contributed by atoms with van der Waals surface area (Å²) in [5, 5.41) is 11.1. The Labute approximate surface area is 133 Å². The van der Waals surface area contributed by atoms with Gasteiger partial charge in [0.15, 0.2) is 6.10 Å². The molecule has 3 rings (SSSR count). The molecule has 1 aromatic rings. The first kappa shape index (κ1) is 15.5. The molecule has 1 atom stereocenters. The predicted molar refractivity (Wildman–Crippen MR) is 83.0 cm³/mol. The summed E-state index contributed by atoms with van der Waals surface area (Å²) < 4.78 is 5.24. The lowest BCUT2D eigenvalue weighted by Crippen LogP contribution is -2.55. The minimum atomic E-state index is -0.994. The first-order valence-corrected chi connectivity index (χ1v) is 8.69. The maximum atomic E-state index is 13.2. The summed E-state index contributed by atoms with van der Waals surface area (Å²) in [5.74, 6) is -0.907. The molecule has 5 nitrogen and oxygen atoms in total. The van der Waals surface area contributed by atoms with Crippen LogP contribution in [0.4, 0.5) is 0 Å². The van der Waals surface area contributed by atoms with Gasteiger partial charge in [0.05, 0.1) is 18.6 Å². The molecule has 0 spiro atoms. The first-order chi connectivity index (χ1) is 10.6. The van der Waals surface area contributed by atoms with Gasteiger partial charge in [0.2, 0.25) is 5.91 Å². The van der Waals surface area contributed by atoms with Gasteiger partial charge < -0.3 is 14.7 Å². The Morgan fingerprint density at radius 2 is 2.09 bits per heavy atom. The molecule has 1 aliphatic heterocycles. The van der Waals surface area contributed by atoms with Gasteiger partial charge in [0, 0.05) is 11.4 Å². The molecule has 1 saturated carbocycles. The van der Waals surface area contributed by atoms with Gasteiger partial charge in [0.1, 0.15) is 0 Å². The van der Waals surface area contributed by atoms with E-state index in [1.807, 2.05) is 17.5 Å². The van der Waals surface area contributed by atoms with Crippen LogP contribution in [-0.2, 0) is 19.7 Å². The van der Waals surface area contributed by atoms with Crippen LogP contribution in [0, 0.1) is 0 Å². The van der Waals surface area contributed by atoms with Crippen molar-refractivity contribution >= 4 is 23.2 Å². The van der Waals surface area contributed by atoms with E-state index >= 15 is 0 Å². The SMILES string of the molecule is O=C(O)[C@H]1CN(C(=O)C2(c3cccs3)CCCCC2)CCO1. The smallest absolute Gasteiger partial charge is 0.334 e. The first-order valence-electron chi connectivity index (χ1n) is 7.81. The second-order valence-electron chi connectivity index (χ2n) is 6.07. The second kappa shape index (κ2) is 6.38. The zero-order valence-corrected chi connectivity index (χ0v) is 13.3. The van der Waals surface area contributed by atoms with Crippen molar-refractivity contribution in [2.45, 2.75) is 43.6 Å². The highest BCUT2D eigenvalue weighted by atomic mass is 32.1. The second-order valence-corrected chi connectivity index (χ2v) is 7.02. The molecule has 1 aromatic heterocycles. The fraction of sp³-hybridized carbons (Fsp3) is 0.625. The Bertz CT molecular complexity index is 536. The van der Waals surface area contributed by atoms with E-state index < -0.39 is 17.5 Å². The summed E-state index contributed by atoms with van der Waals surface area (Å²) in [4.78, 5) is 27.2. The largest absolute Gasteiger partial charge is 0.479 e. The molecule has 1 N–H and O–H groups in total. The molecule has 0 bridgehead atoms. The van der Waals surface area contributed by atoms with Crippen LogP contribution >= 0.6 is 11.3 Å². The third kappa shape index (κ3) is 2.77. The van der Waals surface area contributed by atoms with Crippen molar-refractivity contribution in [3.63, 3.8) is 0 Å². The molecule has 1 saturated heterocycles. The van der Waals surface area contributed by atoms with Crippen LogP contribution in [0.3, 0.4) is 0 Å². The molecule has 1 aliphatic carbocycles. The van der Waals surface area contributed by atoms with Crippen LogP contribution in [0.1, 0.15) is 37.0 Å². The van der Waals surface area contributed by atoms with E-state index in [0.717, 1.165) is 30.6 Å². The minimum Gasteiger partial charge on any atom is -0.479 e. The Kier molecular flexibility index (Phi) is 4.49. The lowest BCUT2D eigenvalue weighted by atomic mass is 9.72. The number of carboxylic acid groups (broad SMARTS) is 1.